The molecular formula is C28H32N8O2. The average Bonchev–Trinajstić information content (AvgIpc) is 3.70. The maximum atomic E-state index is 12.7. The molecule has 0 aliphatic heterocycles. The number of hydrogen-bond donors (Lipinski definition) is 2. The van der Waals surface area contributed by atoms with Gasteiger partial charge >= 0.3 is 0 Å². The molecule has 10 nitrogen and oxygen atoms in total. The fourth-order valence-electron chi connectivity index (χ4n) is 4.33. The first-order chi connectivity index (χ1) is 18.4. The van der Waals surface area contributed by atoms with Crippen LogP contribution in [0.25, 0.3) is 11.4 Å². The van der Waals surface area contributed by atoms with Crippen LogP contribution in [0.1, 0.15) is 42.1 Å². The molecule has 4 aromatic rings. The molecule has 0 spiro atoms. The average molecular weight is 513 g/mol. The fraction of sp³-hybridized carbons (Fsp3) is 0.321. The Balaban J connectivity index is 1.41. The third-order valence-corrected chi connectivity index (χ3v) is 6.54. The van der Waals surface area contributed by atoms with E-state index < -0.39 is 0 Å². The molecule has 3 heterocycles. The van der Waals surface area contributed by atoms with E-state index in [0.717, 1.165) is 12.1 Å². The van der Waals surface area contributed by atoms with Gasteiger partial charge in [0.15, 0.2) is 17.4 Å². The molecule has 1 aliphatic rings. The number of Topliss-reactive ketones (excluding diaryl/α,β-unsaturated/α-hetero) is 1. The number of nitrogens with one attached hydrogen (secondary N) is 2. The minimum Gasteiger partial charge on any atom is -0.494 e. The van der Waals surface area contributed by atoms with Gasteiger partial charge < -0.3 is 15.4 Å². The molecule has 1 saturated carbocycles. The summed E-state index contributed by atoms with van der Waals surface area (Å²) in [5, 5.41) is 11.0. The number of para-hydroxylation sites is 1. The van der Waals surface area contributed by atoms with Gasteiger partial charge in [0.1, 0.15) is 18.0 Å². The van der Waals surface area contributed by atoms with Crippen LogP contribution in [0.15, 0.2) is 55.1 Å². The Kier molecular flexibility index (Phi) is 7.32. The molecule has 10 heteroatoms. The number of carbonyl (C=O) groups is 1. The van der Waals surface area contributed by atoms with Gasteiger partial charge in [-0.05, 0) is 43.7 Å². The molecule has 1 aromatic carbocycles. The molecule has 3 aromatic heterocycles. The van der Waals surface area contributed by atoms with E-state index in [0.29, 0.717) is 52.6 Å². The van der Waals surface area contributed by atoms with E-state index in [1.165, 1.54) is 18.4 Å². The van der Waals surface area contributed by atoms with Gasteiger partial charge in [0.05, 0.1) is 29.6 Å². The maximum absolute atomic E-state index is 12.7. The summed E-state index contributed by atoms with van der Waals surface area (Å²) >= 11 is 0. The van der Waals surface area contributed by atoms with Gasteiger partial charge in [0, 0.05) is 44.5 Å². The van der Waals surface area contributed by atoms with Gasteiger partial charge in [0.25, 0.3) is 0 Å². The zero-order valence-corrected chi connectivity index (χ0v) is 22.1. The Bertz CT molecular complexity index is 1430. The monoisotopic (exact) mass is 512 g/mol. The van der Waals surface area contributed by atoms with Crippen LogP contribution in [-0.4, -0.2) is 55.6 Å². The van der Waals surface area contributed by atoms with Crippen molar-refractivity contribution in [2.45, 2.75) is 38.8 Å². The number of aromatic nitrogens is 5. The SMILES string of the molecule is CCC(=O)c1cnc(Nc2ccc(CN(C)C3CC3)cn2)cc1Nc1cccc(-c2ncn(C)n2)c1OC. The largest absolute Gasteiger partial charge is 0.494 e. The number of hydrogen-bond acceptors (Lipinski definition) is 9. The van der Waals surface area contributed by atoms with Crippen LogP contribution in [0.4, 0.5) is 23.0 Å². The second-order valence-corrected chi connectivity index (χ2v) is 9.47. The van der Waals surface area contributed by atoms with Crippen LogP contribution in [0.5, 0.6) is 5.75 Å². The minimum absolute atomic E-state index is 0.0182. The third kappa shape index (κ3) is 5.65. The third-order valence-electron chi connectivity index (χ3n) is 6.54. The molecule has 0 unspecified atom stereocenters. The first-order valence-corrected chi connectivity index (χ1v) is 12.7. The van der Waals surface area contributed by atoms with E-state index in [1.807, 2.05) is 50.5 Å². The summed E-state index contributed by atoms with van der Waals surface area (Å²) in [4.78, 5) is 28.5. The molecule has 2 N–H and O–H groups in total. The number of anilines is 4. The standard InChI is InChI=1S/C28H32N8O2/c1-5-24(37)21-15-30-26(33-25-12-9-18(14-29-25)16-35(2)19-10-11-19)13-23(21)32-22-8-6-7-20(27(22)38-4)28-31-17-36(3)34-28/h6-9,12-15,17,19H,5,10-11,16H2,1-4H3,(H2,29,30,32,33). The molecular weight excluding hydrogens is 480 g/mol. The molecule has 0 radical (unpaired) electrons. The Morgan fingerprint density at radius 3 is 2.55 bits per heavy atom. The van der Waals surface area contributed by atoms with Crippen LogP contribution in [-0.2, 0) is 13.6 Å². The lowest BCUT2D eigenvalue weighted by molar-refractivity contribution is 0.0988. The Morgan fingerprint density at radius 1 is 1.08 bits per heavy atom. The van der Waals surface area contributed by atoms with Gasteiger partial charge in [0.2, 0.25) is 0 Å². The van der Waals surface area contributed by atoms with Gasteiger partial charge in [-0.15, -0.1) is 0 Å². The predicted molar refractivity (Wildman–Crippen MR) is 147 cm³/mol. The molecule has 0 saturated heterocycles. The topological polar surface area (TPSA) is 110 Å². The van der Waals surface area contributed by atoms with Crippen LogP contribution in [0.3, 0.4) is 0 Å². The number of ether oxygens (including phenoxy) is 1. The van der Waals surface area contributed by atoms with Crippen molar-refractivity contribution >= 4 is 28.8 Å². The lowest BCUT2D eigenvalue weighted by Gasteiger charge is -2.17. The quantitative estimate of drug-likeness (QED) is 0.270. The molecule has 0 bridgehead atoms. The Hall–Kier alpha value is -4.31. The summed E-state index contributed by atoms with van der Waals surface area (Å²) in [7, 11) is 5.57. The van der Waals surface area contributed by atoms with Crippen molar-refractivity contribution in [3.05, 3.63) is 66.2 Å². The summed E-state index contributed by atoms with van der Waals surface area (Å²) in [6, 6.07) is 12.2. The molecule has 5 rings (SSSR count). The number of benzene rings is 1. The summed E-state index contributed by atoms with van der Waals surface area (Å²) in [6.45, 7) is 2.71. The van der Waals surface area contributed by atoms with Gasteiger partial charge in [-0.3, -0.25) is 14.4 Å². The zero-order valence-electron chi connectivity index (χ0n) is 22.1. The minimum atomic E-state index is -0.0182. The number of nitrogens with zero attached hydrogens (tertiary/aromatic N) is 6. The maximum Gasteiger partial charge on any atom is 0.184 e. The highest BCUT2D eigenvalue weighted by Gasteiger charge is 2.26. The van der Waals surface area contributed by atoms with Gasteiger partial charge in [-0.2, -0.15) is 5.10 Å². The Morgan fingerprint density at radius 2 is 1.89 bits per heavy atom. The summed E-state index contributed by atoms with van der Waals surface area (Å²) in [5.74, 6) is 2.35. The van der Waals surface area contributed by atoms with Crippen molar-refractivity contribution in [1.82, 2.24) is 29.6 Å². The highest BCUT2D eigenvalue weighted by molar-refractivity contribution is 6.02. The lowest BCUT2D eigenvalue weighted by Crippen LogP contribution is -2.19. The highest BCUT2D eigenvalue weighted by atomic mass is 16.5. The number of pyridine rings is 2. The summed E-state index contributed by atoms with van der Waals surface area (Å²) in [5.41, 5.74) is 3.69. The molecule has 38 heavy (non-hydrogen) atoms. The van der Waals surface area contributed by atoms with E-state index in [4.69, 9.17) is 4.74 Å². The summed E-state index contributed by atoms with van der Waals surface area (Å²) < 4.78 is 7.38. The molecule has 196 valence electrons. The number of ketones is 1. The van der Waals surface area contributed by atoms with Crippen molar-refractivity contribution in [3.63, 3.8) is 0 Å². The lowest BCUT2D eigenvalue weighted by atomic mass is 10.1. The highest BCUT2D eigenvalue weighted by Crippen LogP contribution is 2.37. The second-order valence-electron chi connectivity index (χ2n) is 9.47. The predicted octanol–water partition coefficient (Wildman–Crippen LogP) is 4.95. The van der Waals surface area contributed by atoms with Crippen molar-refractivity contribution < 1.29 is 9.53 Å². The molecule has 1 fully saturated rings. The Labute approximate surface area is 222 Å². The first kappa shape index (κ1) is 25.3. The van der Waals surface area contributed by atoms with Crippen molar-refractivity contribution in [2.24, 2.45) is 7.05 Å². The van der Waals surface area contributed by atoms with E-state index in [1.54, 1.807) is 24.3 Å². The van der Waals surface area contributed by atoms with Crippen LogP contribution in [0, 0.1) is 0 Å². The smallest absolute Gasteiger partial charge is 0.184 e. The van der Waals surface area contributed by atoms with Gasteiger partial charge in [-0.1, -0.05) is 19.1 Å². The number of methoxy groups -OCH3 is 1. The van der Waals surface area contributed by atoms with Crippen LogP contribution >= 0.6 is 0 Å². The fourth-order valence-corrected chi connectivity index (χ4v) is 4.33. The van der Waals surface area contributed by atoms with E-state index in [-0.39, 0.29) is 5.78 Å². The van der Waals surface area contributed by atoms with Gasteiger partial charge in [-0.25, -0.2) is 15.0 Å². The van der Waals surface area contributed by atoms with Crippen molar-refractivity contribution in [3.8, 4) is 17.1 Å². The normalized spacial score (nSPS) is 13.0. The second kappa shape index (κ2) is 11.0. The molecule has 0 atom stereocenters. The van der Waals surface area contributed by atoms with E-state index >= 15 is 0 Å². The summed E-state index contributed by atoms with van der Waals surface area (Å²) in [6.07, 6.45) is 8.02. The number of carbonyl (C=O) groups excluding carboxylic acids is 1. The first-order valence-electron chi connectivity index (χ1n) is 12.7. The van der Waals surface area contributed by atoms with Crippen LogP contribution in [0.2, 0.25) is 0 Å². The molecule has 0 amide bonds. The van der Waals surface area contributed by atoms with E-state index in [9.17, 15) is 4.79 Å². The zero-order chi connectivity index (χ0) is 26.6. The van der Waals surface area contributed by atoms with E-state index in [2.05, 4.69) is 48.7 Å². The van der Waals surface area contributed by atoms with Crippen molar-refractivity contribution in [1.29, 1.82) is 0 Å². The number of rotatable bonds is 11. The number of aryl methyl sites for hydroxylation is 1. The molecule has 1 aliphatic carbocycles. The van der Waals surface area contributed by atoms with Crippen LogP contribution < -0.4 is 15.4 Å². The van der Waals surface area contributed by atoms with Crippen molar-refractivity contribution in [2.75, 3.05) is 24.8 Å².